The lowest BCUT2D eigenvalue weighted by Crippen LogP contribution is -2.23. The van der Waals surface area contributed by atoms with Gasteiger partial charge in [0.05, 0.1) is 12.2 Å². The normalized spacial score (nSPS) is 16.1. The molecule has 4 unspecified atom stereocenters. The number of para-hydroxylation sites is 2. The number of fused-ring (bicyclic) bond motifs is 6. The van der Waals surface area contributed by atoms with Crippen LogP contribution in [0.15, 0.2) is 133 Å². The third-order valence-corrected chi connectivity index (χ3v) is 11.7. The minimum atomic E-state index is -0.587. The predicted molar refractivity (Wildman–Crippen MR) is 236 cm³/mol. The van der Waals surface area contributed by atoms with E-state index in [-0.39, 0.29) is 12.2 Å². The maximum atomic E-state index is 7.37. The molecule has 0 saturated heterocycles. The largest absolute Gasteiger partial charge is 0.448 e. The van der Waals surface area contributed by atoms with Gasteiger partial charge in [0.25, 0.3) is 0 Å². The molecule has 2 aromatic heterocycles. The van der Waals surface area contributed by atoms with Crippen molar-refractivity contribution in [2.75, 3.05) is 22.1 Å². The molecule has 2 aliphatic heterocycles. The van der Waals surface area contributed by atoms with Gasteiger partial charge in [0.1, 0.15) is 0 Å². The second kappa shape index (κ2) is 18.9. The summed E-state index contributed by atoms with van der Waals surface area (Å²) < 4.78 is 20.9. The summed E-state index contributed by atoms with van der Waals surface area (Å²) in [5.41, 5.74) is 8.66. The summed E-state index contributed by atoms with van der Waals surface area (Å²) in [5, 5.41) is 26.4. The zero-order valence-corrected chi connectivity index (χ0v) is 34.7. The summed E-state index contributed by atoms with van der Waals surface area (Å²) in [6.45, 7) is 12.1. The number of hydrogen-bond donors (Lipinski definition) is 2. The van der Waals surface area contributed by atoms with Crippen LogP contribution in [-0.2, 0) is 4.74 Å². The Kier molecular flexibility index (Phi) is 12.8. The molecule has 0 aliphatic carbocycles. The standard InChI is InChI=1S/C46H46N8O3S2/c1-5-17-37(29-19-9-11-21-31(29)41-47-35-25-15-13-23-33(35)39-43(56-41)49-45(53-51-39)58-27-7-3)55-38(18-6-2)30-20-10-12-22-32(30)42-48-36-26-16-14-24-34(36)40-44(57-42)50-46(54-52-40)59-28-8-4/h7-16,19-26,37-38,41-42,47-48H,3-6,17-18,27-28H2,1-2H3. The van der Waals surface area contributed by atoms with E-state index >= 15 is 0 Å². The summed E-state index contributed by atoms with van der Waals surface area (Å²) in [6, 6.07) is 32.8. The van der Waals surface area contributed by atoms with Gasteiger partial charge in [0.15, 0.2) is 23.8 Å². The first kappa shape index (κ1) is 40.0. The van der Waals surface area contributed by atoms with Crippen molar-refractivity contribution < 1.29 is 14.2 Å². The van der Waals surface area contributed by atoms with E-state index in [9.17, 15) is 0 Å². The van der Waals surface area contributed by atoms with E-state index < -0.39 is 12.5 Å². The van der Waals surface area contributed by atoms with Crippen LogP contribution < -0.4 is 20.1 Å². The molecular weight excluding hydrogens is 777 g/mol. The highest BCUT2D eigenvalue weighted by molar-refractivity contribution is 7.99. The fraction of sp³-hybridized carbons (Fsp3) is 0.261. The van der Waals surface area contributed by atoms with Gasteiger partial charge in [-0.1, -0.05) is 147 Å². The van der Waals surface area contributed by atoms with E-state index in [0.29, 0.717) is 45.0 Å². The molecule has 2 N–H and O–H groups in total. The zero-order valence-electron chi connectivity index (χ0n) is 33.1. The van der Waals surface area contributed by atoms with E-state index in [1.807, 2.05) is 72.8 Å². The van der Waals surface area contributed by atoms with Crippen LogP contribution in [0.4, 0.5) is 11.4 Å². The summed E-state index contributed by atoms with van der Waals surface area (Å²) in [5.74, 6) is 2.15. The number of hydrogen-bond acceptors (Lipinski definition) is 13. The molecule has 13 heteroatoms. The number of anilines is 2. The lowest BCUT2D eigenvalue weighted by atomic mass is 9.95. The molecule has 6 aromatic rings. The fourth-order valence-corrected chi connectivity index (χ4v) is 8.39. The highest BCUT2D eigenvalue weighted by Crippen LogP contribution is 2.45. The summed E-state index contributed by atoms with van der Waals surface area (Å²) in [4.78, 5) is 9.66. The van der Waals surface area contributed by atoms with Crippen molar-refractivity contribution >= 4 is 34.9 Å². The van der Waals surface area contributed by atoms with Gasteiger partial charge >= 0.3 is 0 Å². The molecule has 0 fully saturated rings. The minimum Gasteiger partial charge on any atom is -0.448 e. The van der Waals surface area contributed by atoms with Crippen LogP contribution in [0.25, 0.3) is 22.5 Å². The topological polar surface area (TPSA) is 129 Å². The van der Waals surface area contributed by atoms with Gasteiger partial charge in [-0.05, 0) is 36.1 Å². The average molecular weight is 823 g/mol. The lowest BCUT2D eigenvalue weighted by molar-refractivity contribution is -0.0268. The average Bonchev–Trinajstić information content (AvgIpc) is 3.55. The SMILES string of the molecule is C=CCSc1nnc2c(n1)OC(c1ccccc1C(CCC)OC(CCC)c1ccccc1C1Nc3ccccc3-c3nnc(SCC=C)nc3O1)Nc1ccccc1-2. The van der Waals surface area contributed by atoms with E-state index in [1.54, 1.807) is 0 Å². The zero-order chi connectivity index (χ0) is 40.6. The Balaban J connectivity index is 1.15. The van der Waals surface area contributed by atoms with E-state index in [2.05, 4.69) is 94.4 Å². The highest BCUT2D eigenvalue weighted by Gasteiger charge is 2.33. The number of nitrogens with zero attached hydrogens (tertiary/aromatic N) is 6. The van der Waals surface area contributed by atoms with Crippen LogP contribution in [0.2, 0.25) is 0 Å². The Hall–Kier alpha value is -5.76. The molecule has 0 amide bonds. The third kappa shape index (κ3) is 8.82. The molecule has 8 rings (SSSR count). The molecule has 0 bridgehead atoms. The molecule has 11 nitrogen and oxygen atoms in total. The van der Waals surface area contributed by atoms with E-state index in [4.69, 9.17) is 24.2 Å². The first-order valence-corrected chi connectivity index (χ1v) is 21.9. The van der Waals surface area contributed by atoms with Gasteiger partial charge in [-0.3, -0.25) is 0 Å². The molecular formula is C46H46N8O3S2. The Bertz CT molecular complexity index is 2270. The number of benzene rings is 4. The Morgan fingerprint density at radius 1 is 0.610 bits per heavy atom. The van der Waals surface area contributed by atoms with Crippen LogP contribution in [0, 0.1) is 0 Å². The molecule has 300 valence electrons. The van der Waals surface area contributed by atoms with Gasteiger partial charge in [0.2, 0.25) is 22.1 Å². The fourth-order valence-electron chi connectivity index (χ4n) is 7.37. The van der Waals surface area contributed by atoms with Gasteiger partial charge in [0, 0.05) is 45.1 Å². The first-order valence-electron chi connectivity index (χ1n) is 19.9. The summed E-state index contributed by atoms with van der Waals surface area (Å²) >= 11 is 2.92. The molecule has 4 heterocycles. The Labute approximate surface area is 353 Å². The number of rotatable bonds is 16. The van der Waals surface area contributed by atoms with Crippen molar-refractivity contribution in [3.63, 3.8) is 0 Å². The molecule has 0 radical (unpaired) electrons. The lowest BCUT2D eigenvalue weighted by Gasteiger charge is -2.31. The second-order valence-electron chi connectivity index (χ2n) is 14.0. The maximum absolute atomic E-state index is 7.37. The highest BCUT2D eigenvalue weighted by atomic mass is 32.2. The number of aromatic nitrogens is 6. The predicted octanol–water partition coefficient (Wildman–Crippen LogP) is 11.4. The second-order valence-corrected chi connectivity index (χ2v) is 16.0. The smallest absolute Gasteiger partial charge is 0.247 e. The first-order chi connectivity index (χ1) is 29.1. The quantitative estimate of drug-likeness (QED) is 0.0710. The molecule has 2 aliphatic rings. The Morgan fingerprint density at radius 3 is 1.47 bits per heavy atom. The Morgan fingerprint density at radius 2 is 1.03 bits per heavy atom. The van der Waals surface area contributed by atoms with Gasteiger partial charge in [-0.2, -0.15) is 9.97 Å². The molecule has 0 spiro atoms. The van der Waals surface area contributed by atoms with Crippen molar-refractivity contribution in [1.82, 2.24) is 30.4 Å². The maximum Gasteiger partial charge on any atom is 0.247 e. The van der Waals surface area contributed by atoms with Crippen molar-refractivity contribution in [2.24, 2.45) is 0 Å². The molecule has 0 saturated carbocycles. The van der Waals surface area contributed by atoms with Gasteiger partial charge in [-0.15, -0.1) is 33.6 Å². The summed E-state index contributed by atoms with van der Waals surface area (Å²) in [7, 11) is 0. The number of nitrogens with one attached hydrogen (secondary N) is 2. The van der Waals surface area contributed by atoms with Gasteiger partial charge < -0.3 is 24.8 Å². The summed E-state index contributed by atoms with van der Waals surface area (Å²) in [6.07, 6.45) is 5.33. The van der Waals surface area contributed by atoms with Crippen molar-refractivity contribution in [3.8, 4) is 34.3 Å². The van der Waals surface area contributed by atoms with Crippen LogP contribution >= 0.6 is 23.5 Å². The number of ether oxygens (including phenoxy) is 3. The molecule has 4 aromatic carbocycles. The van der Waals surface area contributed by atoms with Crippen molar-refractivity contribution in [3.05, 3.63) is 145 Å². The van der Waals surface area contributed by atoms with E-state index in [0.717, 1.165) is 70.4 Å². The van der Waals surface area contributed by atoms with Crippen LogP contribution in [0.1, 0.15) is 86.4 Å². The van der Waals surface area contributed by atoms with Crippen LogP contribution in [-0.4, -0.2) is 41.9 Å². The van der Waals surface area contributed by atoms with Crippen molar-refractivity contribution in [2.45, 2.75) is 74.5 Å². The van der Waals surface area contributed by atoms with Crippen LogP contribution in [0.5, 0.6) is 11.8 Å². The monoisotopic (exact) mass is 822 g/mol. The van der Waals surface area contributed by atoms with Crippen LogP contribution in [0.3, 0.4) is 0 Å². The van der Waals surface area contributed by atoms with E-state index in [1.165, 1.54) is 23.5 Å². The van der Waals surface area contributed by atoms with Gasteiger partial charge in [-0.25, -0.2) is 0 Å². The van der Waals surface area contributed by atoms with Crippen molar-refractivity contribution in [1.29, 1.82) is 0 Å². The minimum absolute atomic E-state index is 0.266. The number of thioether (sulfide) groups is 2. The molecule has 59 heavy (non-hydrogen) atoms. The third-order valence-electron chi connectivity index (χ3n) is 10.0. The molecule has 4 atom stereocenters.